The van der Waals surface area contributed by atoms with Crippen molar-refractivity contribution >= 4 is 11.8 Å². The molecule has 3 rings (SSSR count). The van der Waals surface area contributed by atoms with Crippen LogP contribution >= 0.6 is 0 Å². The molecule has 0 aromatic rings. The van der Waals surface area contributed by atoms with Crippen molar-refractivity contribution in [2.45, 2.75) is 64.5 Å². The molecule has 1 heterocycles. The fourth-order valence-corrected chi connectivity index (χ4v) is 3.76. The van der Waals surface area contributed by atoms with E-state index < -0.39 is 0 Å². The Hall–Kier alpha value is -1.06. The first kappa shape index (κ1) is 12.9. The van der Waals surface area contributed by atoms with Gasteiger partial charge in [-0.1, -0.05) is 20.3 Å². The maximum atomic E-state index is 12.8. The van der Waals surface area contributed by atoms with Crippen LogP contribution in [0.1, 0.15) is 52.4 Å². The lowest BCUT2D eigenvalue weighted by Gasteiger charge is -2.38. The van der Waals surface area contributed by atoms with E-state index in [2.05, 4.69) is 19.2 Å². The van der Waals surface area contributed by atoms with Gasteiger partial charge in [0, 0.05) is 19.0 Å². The number of nitrogens with one attached hydrogen (secondary N) is 1. The first-order valence-electron chi connectivity index (χ1n) is 7.59. The lowest BCUT2D eigenvalue weighted by Crippen LogP contribution is -2.52. The highest BCUT2D eigenvalue weighted by Crippen LogP contribution is 2.42. The van der Waals surface area contributed by atoms with E-state index in [1.165, 1.54) is 12.8 Å². The molecular formula is C15H24N2O2. The highest BCUT2D eigenvalue weighted by atomic mass is 16.2. The third-order valence-electron chi connectivity index (χ3n) is 5.12. The van der Waals surface area contributed by atoms with Crippen LogP contribution in [0.3, 0.4) is 0 Å². The molecule has 0 radical (unpaired) electrons. The summed E-state index contributed by atoms with van der Waals surface area (Å²) in [6.45, 7) is 5.11. The SMILES string of the molecule is CC1(C)CCCC1N1CCC(=O)NC(C2CC2)C1=O. The molecule has 2 atom stereocenters. The van der Waals surface area contributed by atoms with Gasteiger partial charge in [-0.25, -0.2) is 0 Å². The smallest absolute Gasteiger partial charge is 0.245 e. The molecule has 2 saturated carbocycles. The van der Waals surface area contributed by atoms with E-state index in [1.54, 1.807) is 0 Å². The molecule has 19 heavy (non-hydrogen) atoms. The molecule has 1 saturated heterocycles. The molecule has 3 fully saturated rings. The van der Waals surface area contributed by atoms with Gasteiger partial charge in [-0.3, -0.25) is 9.59 Å². The van der Waals surface area contributed by atoms with Crippen molar-refractivity contribution in [3.63, 3.8) is 0 Å². The Bertz CT molecular complexity index is 401. The number of nitrogens with zero attached hydrogens (tertiary/aromatic N) is 1. The molecular weight excluding hydrogens is 240 g/mol. The van der Waals surface area contributed by atoms with E-state index in [0.717, 1.165) is 19.3 Å². The summed E-state index contributed by atoms with van der Waals surface area (Å²) in [5.74, 6) is 0.610. The van der Waals surface area contributed by atoms with Crippen molar-refractivity contribution in [2.75, 3.05) is 6.54 Å². The van der Waals surface area contributed by atoms with E-state index in [9.17, 15) is 9.59 Å². The van der Waals surface area contributed by atoms with E-state index in [1.807, 2.05) is 4.90 Å². The van der Waals surface area contributed by atoms with Crippen LogP contribution in [0.5, 0.6) is 0 Å². The number of amides is 2. The molecule has 0 spiro atoms. The van der Waals surface area contributed by atoms with Crippen LogP contribution in [0.25, 0.3) is 0 Å². The van der Waals surface area contributed by atoms with Gasteiger partial charge in [0.1, 0.15) is 6.04 Å². The van der Waals surface area contributed by atoms with Crippen molar-refractivity contribution in [3.8, 4) is 0 Å². The van der Waals surface area contributed by atoms with Crippen LogP contribution in [-0.2, 0) is 9.59 Å². The molecule has 0 bridgehead atoms. The van der Waals surface area contributed by atoms with Crippen molar-refractivity contribution in [3.05, 3.63) is 0 Å². The summed E-state index contributed by atoms with van der Waals surface area (Å²) < 4.78 is 0. The summed E-state index contributed by atoms with van der Waals surface area (Å²) in [5.41, 5.74) is 0.192. The van der Waals surface area contributed by atoms with Gasteiger partial charge < -0.3 is 10.2 Å². The maximum absolute atomic E-state index is 12.8. The predicted octanol–water partition coefficient (Wildman–Crippen LogP) is 1.69. The minimum atomic E-state index is -0.244. The number of carbonyl (C=O) groups is 2. The zero-order valence-corrected chi connectivity index (χ0v) is 11.9. The summed E-state index contributed by atoms with van der Waals surface area (Å²) in [4.78, 5) is 26.6. The second kappa shape index (κ2) is 4.50. The van der Waals surface area contributed by atoms with E-state index in [-0.39, 0.29) is 23.3 Å². The van der Waals surface area contributed by atoms with Crippen LogP contribution in [0.4, 0.5) is 0 Å². The van der Waals surface area contributed by atoms with Gasteiger partial charge in [0.2, 0.25) is 11.8 Å². The standard InChI is InChI=1S/C15H24N2O2/c1-15(2)8-3-4-11(15)17-9-7-12(18)16-13(14(17)19)10-5-6-10/h10-11,13H,3-9H2,1-2H3,(H,16,18). The van der Waals surface area contributed by atoms with Gasteiger partial charge >= 0.3 is 0 Å². The fraction of sp³-hybridized carbons (Fsp3) is 0.867. The first-order valence-corrected chi connectivity index (χ1v) is 7.59. The largest absolute Gasteiger partial charge is 0.344 e. The Morgan fingerprint density at radius 2 is 1.95 bits per heavy atom. The highest BCUT2D eigenvalue weighted by Gasteiger charge is 2.46. The van der Waals surface area contributed by atoms with Gasteiger partial charge in [0.25, 0.3) is 0 Å². The number of carbonyl (C=O) groups excluding carboxylic acids is 2. The van der Waals surface area contributed by atoms with E-state index in [0.29, 0.717) is 24.9 Å². The zero-order valence-electron chi connectivity index (χ0n) is 11.9. The molecule has 1 aliphatic heterocycles. The Kier molecular flexibility index (Phi) is 3.06. The van der Waals surface area contributed by atoms with Crippen molar-refractivity contribution in [1.29, 1.82) is 0 Å². The minimum absolute atomic E-state index is 0.0450. The molecule has 2 aliphatic carbocycles. The topological polar surface area (TPSA) is 49.4 Å². The van der Waals surface area contributed by atoms with Crippen molar-refractivity contribution < 1.29 is 9.59 Å². The molecule has 1 N–H and O–H groups in total. The van der Waals surface area contributed by atoms with Gasteiger partial charge in [0.05, 0.1) is 0 Å². The average molecular weight is 264 g/mol. The Morgan fingerprint density at radius 3 is 2.53 bits per heavy atom. The maximum Gasteiger partial charge on any atom is 0.245 e. The predicted molar refractivity (Wildman–Crippen MR) is 72.4 cm³/mol. The molecule has 0 aromatic carbocycles. The van der Waals surface area contributed by atoms with E-state index >= 15 is 0 Å². The van der Waals surface area contributed by atoms with Gasteiger partial charge in [-0.05, 0) is 37.0 Å². The molecule has 3 aliphatic rings. The average Bonchev–Trinajstić information content (AvgIpc) is 3.12. The third kappa shape index (κ3) is 2.37. The Morgan fingerprint density at radius 1 is 1.21 bits per heavy atom. The third-order valence-corrected chi connectivity index (χ3v) is 5.12. The molecule has 4 heteroatoms. The van der Waals surface area contributed by atoms with Crippen molar-refractivity contribution in [1.82, 2.24) is 10.2 Å². The normalized spacial score (nSPS) is 35.2. The first-order chi connectivity index (χ1) is 8.99. The monoisotopic (exact) mass is 264 g/mol. The number of rotatable bonds is 2. The minimum Gasteiger partial charge on any atom is -0.344 e. The van der Waals surface area contributed by atoms with Crippen LogP contribution in [-0.4, -0.2) is 35.3 Å². The summed E-state index contributed by atoms with van der Waals surface area (Å²) in [5, 5.41) is 2.94. The summed E-state index contributed by atoms with van der Waals surface area (Å²) >= 11 is 0. The second-order valence-corrected chi connectivity index (χ2v) is 7.06. The second-order valence-electron chi connectivity index (χ2n) is 7.06. The highest BCUT2D eigenvalue weighted by molar-refractivity contribution is 5.90. The summed E-state index contributed by atoms with van der Waals surface area (Å²) in [6, 6.07) is 0.0698. The summed E-state index contributed by atoms with van der Waals surface area (Å²) in [7, 11) is 0. The molecule has 2 amide bonds. The van der Waals surface area contributed by atoms with Crippen LogP contribution in [0.15, 0.2) is 0 Å². The Labute approximate surface area is 114 Å². The quantitative estimate of drug-likeness (QED) is 0.825. The summed E-state index contributed by atoms with van der Waals surface area (Å²) in [6.07, 6.45) is 6.08. The lowest BCUT2D eigenvalue weighted by atomic mass is 9.86. The van der Waals surface area contributed by atoms with E-state index in [4.69, 9.17) is 0 Å². The Balaban J connectivity index is 1.83. The molecule has 106 valence electrons. The number of hydrogen-bond acceptors (Lipinski definition) is 2. The lowest BCUT2D eigenvalue weighted by molar-refractivity contribution is -0.137. The number of hydrogen-bond donors (Lipinski definition) is 1. The van der Waals surface area contributed by atoms with Crippen molar-refractivity contribution in [2.24, 2.45) is 11.3 Å². The van der Waals surface area contributed by atoms with Crippen LogP contribution in [0, 0.1) is 11.3 Å². The van der Waals surface area contributed by atoms with Gasteiger partial charge in [0.15, 0.2) is 0 Å². The zero-order chi connectivity index (χ0) is 13.6. The molecule has 0 aromatic heterocycles. The molecule has 4 nitrogen and oxygen atoms in total. The fourth-order valence-electron chi connectivity index (χ4n) is 3.76. The van der Waals surface area contributed by atoms with Gasteiger partial charge in [-0.15, -0.1) is 0 Å². The molecule has 2 unspecified atom stereocenters. The van der Waals surface area contributed by atoms with Crippen LogP contribution < -0.4 is 5.32 Å². The van der Waals surface area contributed by atoms with Crippen LogP contribution in [0.2, 0.25) is 0 Å². The van der Waals surface area contributed by atoms with Gasteiger partial charge in [-0.2, -0.15) is 0 Å².